The van der Waals surface area contributed by atoms with Crippen molar-refractivity contribution < 1.29 is 19.6 Å². The number of carbonyl (C=O) groups is 3. The van der Waals surface area contributed by atoms with E-state index in [0.29, 0.717) is 24.1 Å². The second-order valence-electron chi connectivity index (χ2n) is 7.48. The highest BCUT2D eigenvalue weighted by atomic mass is 16.5. The van der Waals surface area contributed by atoms with Crippen molar-refractivity contribution in [3.63, 3.8) is 0 Å². The topological polar surface area (TPSA) is 125 Å². The van der Waals surface area contributed by atoms with E-state index >= 15 is 0 Å². The van der Waals surface area contributed by atoms with Crippen molar-refractivity contribution in [1.29, 1.82) is 0 Å². The Balaban J connectivity index is 2.01. The van der Waals surface area contributed by atoms with Crippen LogP contribution < -0.4 is 16.5 Å². The maximum atomic E-state index is 12.4. The molecular formula is C21H24N4O4. The van der Waals surface area contributed by atoms with Crippen LogP contribution in [-0.4, -0.2) is 53.0 Å². The van der Waals surface area contributed by atoms with Gasteiger partial charge in [-0.25, -0.2) is 5.48 Å². The van der Waals surface area contributed by atoms with Crippen LogP contribution in [0.3, 0.4) is 0 Å². The normalized spacial score (nSPS) is 16.8. The summed E-state index contributed by atoms with van der Waals surface area (Å²) >= 11 is 0. The first-order valence-electron chi connectivity index (χ1n) is 9.01. The zero-order valence-corrected chi connectivity index (χ0v) is 16.6. The zero-order valence-electron chi connectivity index (χ0n) is 16.6. The van der Waals surface area contributed by atoms with E-state index in [1.54, 1.807) is 50.1 Å². The second-order valence-corrected chi connectivity index (χ2v) is 7.48. The third-order valence-electron chi connectivity index (χ3n) is 4.43. The van der Waals surface area contributed by atoms with E-state index in [9.17, 15) is 14.4 Å². The van der Waals surface area contributed by atoms with Crippen LogP contribution in [0.1, 0.15) is 36.2 Å². The van der Waals surface area contributed by atoms with Gasteiger partial charge < -0.3 is 16.0 Å². The molecule has 3 amide bonds. The molecule has 2 atom stereocenters. The smallest absolute Gasteiger partial charge is 0.267 e. The minimum absolute atomic E-state index is 0.00346. The largest absolute Gasteiger partial charge is 0.344 e. The van der Waals surface area contributed by atoms with E-state index in [1.165, 1.54) is 5.48 Å². The number of hydroxylamine groups is 1. The van der Waals surface area contributed by atoms with Gasteiger partial charge in [-0.15, -0.1) is 0 Å². The Hall–Kier alpha value is -3.33. The molecule has 1 fully saturated rings. The average Bonchev–Trinajstić information content (AvgIpc) is 2.99. The van der Waals surface area contributed by atoms with Crippen molar-refractivity contribution in [3.8, 4) is 23.7 Å². The molecule has 1 unspecified atom stereocenters. The summed E-state index contributed by atoms with van der Waals surface area (Å²) in [5.74, 6) is 10.1. The maximum absolute atomic E-state index is 12.4. The molecule has 2 rings (SSSR count). The van der Waals surface area contributed by atoms with Gasteiger partial charge in [-0.05, 0) is 50.0 Å². The molecule has 152 valence electrons. The number of likely N-dealkylation sites (tertiary alicyclic amines) is 1. The van der Waals surface area contributed by atoms with E-state index in [-0.39, 0.29) is 11.8 Å². The number of nitrogens with zero attached hydrogens (tertiary/aromatic N) is 1. The van der Waals surface area contributed by atoms with Gasteiger partial charge in [0.2, 0.25) is 5.91 Å². The molecule has 0 spiro atoms. The van der Waals surface area contributed by atoms with Crippen LogP contribution in [0.4, 0.5) is 0 Å². The van der Waals surface area contributed by atoms with Crippen molar-refractivity contribution >= 4 is 17.7 Å². The molecule has 1 heterocycles. The quantitative estimate of drug-likeness (QED) is 0.320. The molecular weight excluding hydrogens is 372 g/mol. The van der Waals surface area contributed by atoms with E-state index in [1.807, 2.05) is 0 Å². The van der Waals surface area contributed by atoms with Crippen LogP contribution in [0, 0.1) is 29.6 Å². The summed E-state index contributed by atoms with van der Waals surface area (Å²) in [7, 11) is 1.75. The first-order chi connectivity index (χ1) is 13.6. The van der Waals surface area contributed by atoms with Crippen LogP contribution >= 0.6 is 0 Å². The van der Waals surface area contributed by atoms with Crippen LogP contribution in [-0.2, 0) is 9.59 Å². The molecule has 1 aliphatic heterocycles. The summed E-state index contributed by atoms with van der Waals surface area (Å²) in [5.41, 5.74) is 7.30. The molecule has 1 aromatic carbocycles. The summed E-state index contributed by atoms with van der Waals surface area (Å²) in [4.78, 5) is 37.2. The Morgan fingerprint density at radius 1 is 1.28 bits per heavy atom. The van der Waals surface area contributed by atoms with Crippen molar-refractivity contribution in [3.05, 3.63) is 35.4 Å². The molecule has 8 nitrogen and oxygen atoms in total. The number of amides is 3. The van der Waals surface area contributed by atoms with Crippen molar-refractivity contribution in [2.75, 3.05) is 13.6 Å². The molecule has 8 heteroatoms. The number of rotatable bonds is 4. The Morgan fingerprint density at radius 3 is 2.45 bits per heavy atom. The minimum atomic E-state index is -1.11. The molecule has 0 bridgehead atoms. The number of benzene rings is 1. The molecule has 0 aliphatic carbocycles. The molecule has 1 saturated heterocycles. The molecule has 1 aromatic rings. The molecule has 0 aromatic heterocycles. The predicted octanol–water partition coefficient (Wildman–Crippen LogP) is -0.139. The number of nitrogens with one attached hydrogen (secondary N) is 2. The number of hydrogen-bond donors (Lipinski definition) is 4. The fraction of sp³-hybridized carbons (Fsp3) is 0.381. The Bertz CT molecular complexity index is 910. The van der Waals surface area contributed by atoms with Gasteiger partial charge in [-0.3, -0.25) is 19.6 Å². The van der Waals surface area contributed by atoms with Gasteiger partial charge in [0.05, 0.1) is 0 Å². The van der Waals surface area contributed by atoms with Gasteiger partial charge in [0.25, 0.3) is 11.8 Å². The Kier molecular flexibility index (Phi) is 7.00. The second kappa shape index (κ2) is 9.24. The molecule has 5 N–H and O–H groups in total. The van der Waals surface area contributed by atoms with Crippen LogP contribution in [0.2, 0.25) is 0 Å². The van der Waals surface area contributed by atoms with Crippen LogP contribution in [0.15, 0.2) is 24.3 Å². The zero-order chi connectivity index (χ0) is 21.6. The molecule has 0 radical (unpaired) electrons. The van der Waals surface area contributed by atoms with Crippen molar-refractivity contribution in [2.45, 2.75) is 31.8 Å². The monoisotopic (exact) mass is 396 g/mol. The average molecular weight is 396 g/mol. The van der Waals surface area contributed by atoms with E-state index in [0.717, 1.165) is 0 Å². The first-order valence-corrected chi connectivity index (χ1v) is 9.01. The Morgan fingerprint density at radius 2 is 1.93 bits per heavy atom. The van der Waals surface area contributed by atoms with Gasteiger partial charge in [0, 0.05) is 42.6 Å². The van der Waals surface area contributed by atoms with Gasteiger partial charge in [0.15, 0.2) is 0 Å². The molecule has 1 aliphatic rings. The lowest BCUT2D eigenvalue weighted by Gasteiger charge is -2.29. The van der Waals surface area contributed by atoms with Crippen LogP contribution in [0.5, 0.6) is 0 Å². The number of hydrogen-bond acceptors (Lipinski definition) is 5. The summed E-state index contributed by atoms with van der Waals surface area (Å²) in [6, 6.07) is 5.33. The predicted molar refractivity (Wildman–Crippen MR) is 106 cm³/mol. The number of nitrogens with two attached hydrogens (primary N) is 1. The summed E-state index contributed by atoms with van der Waals surface area (Å²) in [5, 5.41) is 11.3. The maximum Gasteiger partial charge on any atom is 0.267 e. The fourth-order valence-corrected chi connectivity index (χ4v) is 2.78. The summed E-state index contributed by atoms with van der Waals surface area (Å²) in [6.07, 6.45) is 0.421. The lowest BCUT2D eigenvalue weighted by molar-refractivity contribution is -0.132. The molecule has 29 heavy (non-hydrogen) atoms. The van der Waals surface area contributed by atoms with Crippen molar-refractivity contribution in [1.82, 2.24) is 15.7 Å². The van der Waals surface area contributed by atoms with E-state index in [4.69, 9.17) is 10.9 Å². The highest BCUT2D eigenvalue weighted by Gasteiger charge is 2.33. The minimum Gasteiger partial charge on any atom is -0.344 e. The van der Waals surface area contributed by atoms with Crippen LogP contribution in [0.25, 0.3) is 0 Å². The number of carbonyl (C=O) groups excluding carboxylic acids is 3. The highest BCUT2D eigenvalue weighted by molar-refractivity contribution is 5.97. The Labute approximate surface area is 169 Å². The summed E-state index contributed by atoms with van der Waals surface area (Å²) in [6.45, 7) is 3.74. The van der Waals surface area contributed by atoms with Gasteiger partial charge in [-0.1, -0.05) is 11.8 Å². The lowest BCUT2D eigenvalue weighted by atomic mass is 9.95. The lowest BCUT2D eigenvalue weighted by Crippen LogP contribution is -2.61. The first kappa shape index (κ1) is 22.0. The third-order valence-corrected chi connectivity index (χ3v) is 4.43. The SMILES string of the molecule is CN1CC(C#CC#Cc2ccc(C(=O)N[C@H](C(=O)NO)C(C)(C)N)cc2)CC1=O. The van der Waals surface area contributed by atoms with E-state index in [2.05, 4.69) is 29.0 Å². The van der Waals surface area contributed by atoms with Gasteiger partial charge in [0.1, 0.15) is 6.04 Å². The van der Waals surface area contributed by atoms with Gasteiger partial charge in [-0.2, -0.15) is 0 Å². The third kappa shape index (κ3) is 6.08. The van der Waals surface area contributed by atoms with Crippen molar-refractivity contribution in [2.24, 2.45) is 11.7 Å². The standard InChI is InChI=1S/C21H24N4O4/c1-21(2,22)18(20(28)24-29)23-19(27)16-10-8-14(9-11-16)6-4-5-7-15-12-17(26)25(3)13-15/h8-11,15,18,29H,12-13,22H2,1-3H3,(H,23,27)(H,24,28)/t15?,18-/m1/s1. The highest BCUT2D eigenvalue weighted by Crippen LogP contribution is 2.14. The van der Waals surface area contributed by atoms with Gasteiger partial charge >= 0.3 is 0 Å². The summed E-state index contributed by atoms with van der Waals surface area (Å²) < 4.78 is 0. The molecule has 0 saturated carbocycles. The fourth-order valence-electron chi connectivity index (χ4n) is 2.78. The van der Waals surface area contributed by atoms with E-state index < -0.39 is 23.4 Å².